The summed E-state index contributed by atoms with van der Waals surface area (Å²) < 4.78 is 0. The van der Waals surface area contributed by atoms with E-state index < -0.39 is 0 Å². The lowest BCUT2D eigenvalue weighted by Gasteiger charge is -2.04. The van der Waals surface area contributed by atoms with Gasteiger partial charge in [-0.3, -0.25) is 0 Å². The second-order valence-corrected chi connectivity index (χ2v) is 11.2. The molecule has 0 saturated carbocycles. The minimum Gasteiger partial charge on any atom is -0.0885 e. The topological polar surface area (TPSA) is 0 Å². The molecule has 0 N–H and O–H groups in total. The van der Waals surface area contributed by atoms with E-state index in [9.17, 15) is 0 Å². The molecule has 0 aliphatic carbocycles. The fourth-order valence-electron chi connectivity index (χ4n) is 5.14. The average Bonchev–Trinajstić information content (AvgIpc) is 2.85. The van der Waals surface area contributed by atoms with Crippen LogP contribution >= 0.6 is 0 Å². The van der Waals surface area contributed by atoms with Gasteiger partial charge in [-0.25, -0.2) is 0 Å². The van der Waals surface area contributed by atoms with Crippen molar-refractivity contribution in [2.24, 2.45) is 0 Å². The molecular formula is C34H68. The van der Waals surface area contributed by atoms with Crippen LogP contribution < -0.4 is 0 Å². The first-order chi connectivity index (χ1) is 16.9. The van der Waals surface area contributed by atoms with Gasteiger partial charge in [-0.15, -0.1) is 0 Å². The van der Waals surface area contributed by atoms with E-state index in [-0.39, 0.29) is 0 Å². The second kappa shape index (κ2) is 32.7. The molecule has 0 aliphatic rings. The number of rotatable bonds is 30. The maximum atomic E-state index is 2.41. The zero-order valence-electron chi connectivity index (χ0n) is 24.4. The van der Waals surface area contributed by atoms with Gasteiger partial charge in [-0.1, -0.05) is 199 Å². The predicted octanol–water partition coefficient (Wildman–Crippen LogP) is 13.3. The van der Waals surface area contributed by atoms with Gasteiger partial charge in [0.1, 0.15) is 0 Å². The molecule has 0 aromatic rings. The molecule has 0 spiro atoms. The molecule has 0 fully saturated rings. The zero-order valence-corrected chi connectivity index (χ0v) is 24.4. The fourth-order valence-corrected chi connectivity index (χ4v) is 5.14. The van der Waals surface area contributed by atoms with E-state index in [2.05, 4.69) is 26.0 Å². The summed E-state index contributed by atoms with van der Waals surface area (Å²) in [4.78, 5) is 0. The minimum absolute atomic E-state index is 1.29. The van der Waals surface area contributed by atoms with Crippen molar-refractivity contribution in [3.05, 3.63) is 12.2 Å². The van der Waals surface area contributed by atoms with E-state index in [4.69, 9.17) is 0 Å². The van der Waals surface area contributed by atoms with E-state index in [1.54, 1.807) is 0 Å². The van der Waals surface area contributed by atoms with Gasteiger partial charge in [0.2, 0.25) is 0 Å². The molecule has 0 saturated heterocycles. The minimum atomic E-state index is 1.29. The van der Waals surface area contributed by atoms with E-state index in [0.29, 0.717) is 0 Å². The third-order valence-electron chi connectivity index (χ3n) is 7.62. The molecule has 0 heteroatoms. The third kappa shape index (κ3) is 31.7. The first-order valence-electron chi connectivity index (χ1n) is 16.6. The largest absolute Gasteiger partial charge is 0.0885 e. The van der Waals surface area contributed by atoms with Gasteiger partial charge < -0.3 is 0 Å². The Hall–Kier alpha value is -0.260. The van der Waals surface area contributed by atoms with Crippen LogP contribution in [0.5, 0.6) is 0 Å². The standard InChI is InChI=1S/C34H68/c1-3-5-7-9-11-13-15-17-19-21-23-25-27-29-31-33-34-32-30-28-26-24-22-20-18-16-14-12-10-8-6-4-2/h9,11H,3-8,10,12-34H2,1-2H3. The van der Waals surface area contributed by atoms with E-state index in [1.807, 2.05) is 0 Å². The van der Waals surface area contributed by atoms with Gasteiger partial charge in [0.05, 0.1) is 0 Å². The van der Waals surface area contributed by atoms with E-state index in [1.165, 1.54) is 193 Å². The monoisotopic (exact) mass is 477 g/mol. The molecule has 0 aromatic heterocycles. The SMILES string of the molecule is CCCCC=CCCCCCCCCCCCCCCCCCCCCCCCCCCCC. The van der Waals surface area contributed by atoms with Gasteiger partial charge >= 0.3 is 0 Å². The van der Waals surface area contributed by atoms with Crippen molar-refractivity contribution >= 4 is 0 Å². The molecule has 0 nitrogen and oxygen atoms in total. The summed E-state index contributed by atoms with van der Waals surface area (Å²) in [5.74, 6) is 0. The number of allylic oxidation sites excluding steroid dienone is 2. The van der Waals surface area contributed by atoms with Crippen molar-refractivity contribution in [3.63, 3.8) is 0 Å². The van der Waals surface area contributed by atoms with Crippen LogP contribution in [-0.2, 0) is 0 Å². The molecule has 0 radical (unpaired) electrons. The Balaban J connectivity index is 3.02. The molecule has 34 heavy (non-hydrogen) atoms. The van der Waals surface area contributed by atoms with Crippen LogP contribution in [0.3, 0.4) is 0 Å². The number of hydrogen-bond donors (Lipinski definition) is 0. The Morgan fingerprint density at radius 2 is 0.441 bits per heavy atom. The Bertz CT molecular complexity index is 355. The highest BCUT2D eigenvalue weighted by atomic mass is 14.0. The average molecular weight is 477 g/mol. The predicted molar refractivity (Wildman–Crippen MR) is 159 cm³/mol. The Morgan fingerprint density at radius 1 is 0.235 bits per heavy atom. The van der Waals surface area contributed by atoms with Crippen molar-refractivity contribution in [2.45, 2.75) is 206 Å². The molecule has 0 bridgehead atoms. The molecular weight excluding hydrogens is 408 g/mol. The van der Waals surface area contributed by atoms with E-state index >= 15 is 0 Å². The van der Waals surface area contributed by atoms with Crippen molar-refractivity contribution in [3.8, 4) is 0 Å². The summed E-state index contributed by atoms with van der Waals surface area (Å²) in [6, 6.07) is 0. The van der Waals surface area contributed by atoms with Crippen LogP contribution in [0.4, 0.5) is 0 Å². The number of unbranched alkanes of at least 4 members (excludes halogenated alkanes) is 28. The Labute approximate surface area is 218 Å². The van der Waals surface area contributed by atoms with Gasteiger partial charge in [-0.2, -0.15) is 0 Å². The maximum Gasteiger partial charge on any atom is -0.0351 e. The maximum absolute atomic E-state index is 2.41. The first kappa shape index (κ1) is 33.7. The summed E-state index contributed by atoms with van der Waals surface area (Å²) in [5, 5.41) is 0. The highest BCUT2D eigenvalue weighted by Crippen LogP contribution is 2.16. The molecule has 0 atom stereocenters. The van der Waals surface area contributed by atoms with Crippen LogP contribution in [0.1, 0.15) is 206 Å². The van der Waals surface area contributed by atoms with Gasteiger partial charge in [0, 0.05) is 0 Å². The molecule has 0 aliphatic heterocycles. The fraction of sp³-hybridized carbons (Fsp3) is 0.941. The molecule has 0 heterocycles. The van der Waals surface area contributed by atoms with Crippen LogP contribution in [0.2, 0.25) is 0 Å². The highest BCUT2D eigenvalue weighted by molar-refractivity contribution is 4.81. The zero-order chi connectivity index (χ0) is 24.6. The van der Waals surface area contributed by atoms with Crippen molar-refractivity contribution in [1.29, 1.82) is 0 Å². The normalized spacial score (nSPS) is 11.7. The molecule has 0 unspecified atom stereocenters. The van der Waals surface area contributed by atoms with Gasteiger partial charge in [0.15, 0.2) is 0 Å². The molecule has 0 aromatic carbocycles. The number of hydrogen-bond acceptors (Lipinski definition) is 0. The van der Waals surface area contributed by atoms with Gasteiger partial charge in [-0.05, 0) is 19.3 Å². The quantitative estimate of drug-likeness (QED) is 0.0714. The molecule has 0 amide bonds. The smallest absolute Gasteiger partial charge is 0.0351 e. The molecule has 0 rings (SSSR count). The Kier molecular flexibility index (Phi) is 32.5. The second-order valence-electron chi connectivity index (χ2n) is 11.2. The summed E-state index contributed by atoms with van der Waals surface area (Å²) in [7, 11) is 0. The van der Waals surface area contributed by atoms with Crippen molar-refractivity contribution < 1.29 is 0 Å². The van der Waals surface area contributed by atoms with Crippen LogP contribution in [0.25, 0.3) is 0 Å². The first-order valence-corrected chi connectivity index (χ1v) is 16.6. The van der Waals surface area contributed by atoms with E-state index in [0.717, 1.165) is 0 Å². The summed E-state index contributed by atoms with van der Waals surface area (Å²) in [6.07, 6.45) is 48.4. The third-order valence-corrected chi connectivity index (χ3v) is 7.62. The summed E-state index contributed by atoms with van der Waals surface area (Å²) in [5.41, 5.74) is 0. The lowest BCUT2D eigenvalue weighted by molar-refractivity contribution is 0.515. The summed E-state index contributed by atoms with van der Waals surface area (Å²) in [6.45, 7) is 4.58. The summed E-state index contributed by atoms with van der Waals surface area (Å²) >= 11 is 0. The van der Waals surface area contributed by atoms with Crippen LogP contribution in [0.15, 0.2) is 12.2 Å². The van der Waals surface area contributed by atoms with Crippen LogP contribution in [-0.4, -0.2) is 0 Å². The highest BCUT2D eigenvalue weighted by Gasteiger charge is 1.96. The lowest BCUT2D eigenvalue weighted by Crippen LogP contribution is -1.84. The van der Waals surface area contributed by atoms with Crippen molar-refractivity contribution in [2.75, 3.05) is 0 Å². The van der Waals surface area contributed by atoms with Gasteiger partial charge in [0.25, 0.3) is 0 Å². The van der Waals surface area contributed by atoms with Crippen molar-refractivity contribution in [1.82, 2.24) is 0 Å². The van der Waals surface area contributed by atoms with Crippen LogP contribution in [0, 0.1) is 0 Å². The Morgan fingerprint density at radius 3 is 0.706 bits per heavy atom. The lowest BCUT2D eigenvalue weighted by atomic mass is 10.0. The molecule has 204 valence electrons.